The molecule has 0 amide bonds. The fraction of sp³-hybridized carbons (Fsp3) is 0.190. The summed E-state index contributed by atoms with van der Waals surface area (Å²) in [5, 5.41) is 3.45. The molecule has 0 aliphatic carbocycles. The van der Waals surface area contributed by atoms with Crippen molar-refractivity contribution in [2.75, 3.05) is 6.79 Å². The molecule has 1 aliphatic rings. The van der Waals surface area contributed by atoms with Crippen LogP contribution in [0.3, 0.4) is 0 Å². The number of pyridine rings is 1. The molecule has 4 rings (SSSR count). The normalized spacial score (nSPS) is 11.7. The summed E-state index contributed by atoms with van der Waals surface area (Å²) in [7, 11) is 0. The molecule has 0 saturated heterocycles. The molecule has 0 fully saturated rings. The molecule has 6 heteroatoms. The number of hydrogen-bond acceptors (Lipinski definition) is 5. The molecular weight excluding hydrogens is 364 g/mol. The van der Waals surface area contributed by atoms with Crippen LogP contribution in [0, 0.1) is 0 Å². The largest absolute Gasteiger partial charge is 0.487 e. The van der Waals surface area contributed by atoms with Crippen molar-refractivity contribution in [2.24, 2.45) is 0 Å². The van der Waals surface area contributed by atoms with E-state index in [9.17, 15) is 0 Å². The third kappa shape index (κ3) is 5.12. The maximum absolute atomic E-state index is 5.83. The van der Waals surface area contributed by atoms with Gasteiger partial charge in [0, 0.05) is 19.3 Å². The predicted molar refractivity (Wildman–Crippen MR) is 105 cm³/mol. The molecule has 0 unspecified atom stereocenters. The fourth-order valence-corrected chi connectivity index (χ4v) is 2.79. The van der Waals surface area contributed by atoms with E-state index in [1.54, 1.807) is 6.20 Å². The standard InChI is InChI=1S/C21H20N2O3.ClH/c1-2-9-23-18(5-1)14-24-19-6-3-4-16(10-19)12-22-13-17-7-8-20-21(11-17)26-15-25-20;/h1-11,22H,12-15H2;1H. The highest BCUT2D eigenvalue weighted by atomic mass is 35.5. The Bertz CT molecular complexity index is 874. The summed E-state index contributed by atoms with van der Waals surface area (Å²) < 4.78 is 16.6. The van der Waals surface area contributed by atoms with Gasteiger partial charge in [0.2, 0.25) is 6.79 Å². The lowest BCUT2D eigenvalue weighted by Crippen LogP contribution is -2.12. The fourth-order valence-electron chi connectivity index (χ4n) is 2.79. The zero-order chi connectivity index (χ0) is 17.6. The van der Waals surface area contributed by atoms with Gasteiger partial charge < -0.3 is 19.5 Å². The number of aromatic nitrogens is 1. The Kier molecular flexibility index (Phi) is 6.52. The molecule has 0 radical (unpaired) electrons. The molecule has 1 aromatic heterocycles. The highest BCUT2D eigenvalue weighted by Gasteiger charge is 2.12. The van der Waals surface area contributed by atoms with Gasteiger partial charge in [-0.2, -0.15) is 0 Å². The lowest BCUT2D eigenvalue weighted by atomic mass is 10.2. The molecule has 3 aromatic rings. The Labute approximate surface area is 164 Å². The number of nitrogens with one attached hydrogen (secondary N) is 1. The summed E-state index contributed by atoms with van der Waals surface area (Å²) in [6.45, 7) is 2.29. The van der Waals surface area contributed by atoms with E-state index < -0.39 is 0 Å². The SMILES string of the molecule is Cl.c1ccc(COc2cccc(CNCc3ccc4c(c3)OCO4)c2)nc1. The predicted octanol–water partition coefficient (Wildman–Crippen LogP) is 4.10. The molecule has 5 nitrogen and oxygen atoms in total. The van der Waals surface area contributed by atoms with Crippen LogP contribution in [-0.2, 0) is 19.7 Å². The van der Waals surface area contributed by atoms with Crippen molar-refractivity contribution in [3.63, 3.8) is 0 Å². The second-order valence-electron chi connectivity index (χ2n) is 6.05. The molecule has 1 aliphatic heterocycles. The number of nitrogens with zero attached hydrogens (tertiary/aromatic N) is 1. The third-order valence-electron chi connectivity index (χ3n) is 4.11. The molecule has 0 saturated carbocycles. The van der Waals surface area contributed by atoms with E-state index in [1.165, 1.54) is 5.56 Å². The lowest BCUT2D eigenvalue weighted by molar-refractivity contribution is 0.174. The highest BCUT2D eigenvalue weighted by Crippen LogP contribution is 2.32. The van der Waals surface area contributed by atoms with Crippen molar-refractivity contribution < 1.29 is 14.2 Å². The smallest absolute Gasteiger partial charge is 0.231 e. The van der Waals surface area contributed by atoms with Crippen LogP contribution in [0.15, 0.2) is 66.9 Å². The summed E-state index contributed by atoms with van der Waals surface area (Å²) in [6.07, 6.45) is 1.77. The second kappa shape index (κ2) is 9.26. The van der Waals surface area contributed by atoms with Gasteiger partial charge >= 0.3 is 0 Å². The van der Waals surface area contributed by atoms with Crippen molar-refractivity contribution in [3.05, 3.63) is 83.7 Å². The van der Waals surface area contributed by atoms with E-state index in [0.717, 1.165) is 41.6 Å². The van der Waals surface area contributed by atoms with E-state index in [1.807, 2.05) is 48.5 Å². The summed E-state index contributed by atoms with van der Waals surface area (Å²) >= 11 is 0. The van der Waals surface area contributed by atoms with E-state index >= 15 is 0 Å². The molecule has 2 aromatic carbocycles. The van der Waals surface area contributed by atoms with Gasteiger partial charge in [0.25, 0.3) is 0 Å². The van der Waals surface area contributed by atoms with E-state index in [0.29, 0.717) is 13.4 Å². The Morgan fingerprint density at radius 3 is 2.59 bits per heavy atom. The second-order valence-corrected chi connectivity index (χ2v) is 6.05. The number of benzene rings is 2. The molecule has 2 heterocycles. The maximum Gasteiger partial charge on any atom is 0.231 e. The van der Waals surface area contributed by atoms with E-state index in [-0.39, 0.29) is 12.4 Å². The van der Waals surface area contributed by atoms with E-state index in [4.69, 9.17) is 14.2 Å². The summed E-state index contributed by atoms with van der Waals surface area (Å²) in [6, 6.07) is 19.9. The molecular formula is C21H21ClN2O3. The number of fused-ring (bicyclic) bond motifs is 1. The van der Waals surface area contributed by atoms with E-state index in [2.05, 4.69) is 22.4 Å². The Morgan fingerprint density at radius 2 is 1.74 bits per heavy atom. The first-order chi connectivity index (χ1) is 12.9. The van der Waals surface area contributed by atoms with Crippen molar-refractivity contribution in [1.82, 2.24) is 10.3 Å². The number of ether oxygens (including phenoxy) is 3. The molecule has 0 bridgehead atoms. The average Bonchev–Trinajstić information content (AvgIpc) is 3.15. The van der Waals surface area contributed by atoms with Gasteiger partial charge in [-0.3, -0.25) is 4.98 Å². The molecule has 27 heavy (non-hydrogen) atoms. The van der Waals surface area contributed by atoms with Gasteiger partial charge in [-0.05, 0) is 47.5 Å². The lowest BCUT2D eigenvalue weighted by Gasteiger charge is -2.09. The van der Waals surface area contributed by atoms with Crippen molar-refractivity contribution in [3.8, 4) is 17.2 Å². The summed E-state index contributed by atoms with van der Waals surface area (Å²) in [4.78, 5) is 4.27. The number of halogens is 1. The first-order valence-corrected chi connectivity index (χ1v) is 8.58. The van der Waals surface area contributed by atoms with Crippen LogP contribution in [0.25, 0.3) is 0 Å². The van der Waals surface area contributed by atoms with Gasteiger partial charge in [0.15, 0.2) is 11.5 Å². The molecule has 140 valence electrons. The quantitative estimate of drug-likeness (QED) is 0.664. The zero-order valence-corrected chi connectivity index (χ0v) is 15.6. The minimum Gasteiger partial charge on any atom is -0.487 e. The van der Waals surface area contributed by atoms with Crippen molar-refractivity contribution in [2.45, 2.75) is 19.7 Å². The van der Waals surface area contributed by atoms with Crippen LogP contribution >= 0.6 is 12.4 Å². The van der Waals surface area contributed by atoms with Crippen LogP contribution in [0.4, 0.5) is 0 Å². The van der Waals surface area contributed by atoms with Gasteiger partial charge in [0.1, 0.15) is 12.4 Å². The van der Waals surface area contributed by atoms with Gasteiger partial charge in [-0.1, -0.05) is 24.3 Å². The molecule has 1 N–H and O–H groups in total. The van der Waals surface area contributed by atoms with Crippen molar-refractivity contribution >= 4 is 12.4 Å². The van der Waals surface area contributed by atoms with Gasteiger partial charge in [-0.15, -0.1) is 12.4 Å². The van der Waals surface area contributed by atoms with Crippen LogP contribution in [0.1, 0.15) is 16.8 Å². The monoisotopic (exact) mass is 384 g/mol. The molecule has 0 atom stereocenters. The topological polar surface area (TPSA) is 52.6 Å². The first-order valence-electron chi connectivity index (χ1n) is 8.58. The molecule has 0 spiro atoms. The number of hydrogen-bond donors (Lipinski definition) is 1. The third-order valence-corrected chi connectivity index (χ3v) is 4.11. The first kappa shape index (κ1) is 19.0. The Hall–Kier alpha value is -2.76. The maximum atomic E-state index is 5.83. The minimum atomic E-state index is 0. The average molecular weight is 385 g/mol. The zero-order valence-electron chi connectivity index (χ0n) is 14.8. The Morgan fingerprint density at radius 1 is 0.889 bits per heavy atom. The van der Waals surface area contributed by atoms with Crippen LogP contribution in [-0.4, -0.2) is 11.8 Å². The minimum absolute atomic E-state index is 0. The van der Waals surface area contributed by atoms with Crippen LogP contribution < -0.4 is 19.5 Å². The Balaban J connectivity index is 0.00000210. The van der Waals surface area contributed by atoms with Gasteiger partial charge in [0.05, 0.1) is 5.69 Å². The van der Waals surface area contributed by atoms with Crippen molar-refractivity contribution in [1.29, 1.82) is 0 Å². The van der Waals surface area contributed by atoms with Crippen LogP contribution in [0.2, 0.25) is 0 Å². The summed E-state index contributed by atoms with van der Waals surface area (Å²) in [5.41, 5.74) is 3.25. The summed E-state index contributed by atoms with van der Waals surface area (Å²) in [5.74, 6) is 2.47. The number of rotatable bonds is 7. The van der Waals surface area contributed by atoms with Crippen LogP contribution in [0.5, 0.6) is 17.2 Å². The van der Waals surface area contributed by atoms with Gasteiger partial charge in [-0.25, -0.2) is 0 Å². The highest BCUT2D eigenvalue weighted by molar-refractivity contribution is 5.85.